The van der Waals surface area contributed by atoms with E-state index in [9.17, 15) is 13.2 Å². The lowest BCUT2D eigenvalue weighted by Gasteiger charge is -2.16. The number of hydrogen-bond donors (Lipinski definition) is 2. The minimum absolute atomic E-state index is 0.158. The van der Waals surface area contributed by atoms with Gasteiger partial charge in [0.2, 0.25) is 0 Å². The lowest BCUT2D eigenvalue weighted by molar-refractivity contribution is 0.0946. The van der Waals surface area contributed by atoms with E-state index in [0.29, 0.717) is 23.7 Å². The van der Waals surface area contributed by atoms with Gasteiger partial charge in [0.1, 0.15) is 0 Å². The van der Waals surface area contributed by atoms with Gasteiger partial charge in [0.15, 0.2) is 0 Å². The number of carbonyl (C=O) groups excluding carboxylic acids is 1. The molecule has 2 N–H and O–H groups in total. The van der Waals surface area contributed by atoms with Crippen LogP contribution in [0.15, 0.2) is 53.4 Å². The minimum Gasteiger partial charge on any atom is -0.352 e. The number of sulfonamides is 1. The predicted octanol–water partition coefficient (Wildman–Crippen LogP) is 5.09. The highest BCUT2D eigenvalue weighted by atomic mass is 35.5. The second-order valence-electron chi connectivity index (χ2n) is 6.74. The van der Waals surface area contributed by atoms with E-state index in [1.807, 2.05) is 0 Å². The largest absolute Gasteiger partial charge is 0.352 e. The van der Waals surface area contributed by atoms with Crippen molar-refractivity contribution in [2.75, 3.05) is 11.3 Å². The van der Waals surface area contributed by atoms with Crippen LogP contribution in [0.4, 0.5) is 5.69 Å². The number of carbonyl (C=O) groups is 1. The Morgan fingerprint density at radius 1 is 1.11 bits per heavy atom. The quantitative estimate of drug-likeness (QED) is 0.560. The van der Waals surface area contributed by atoms with E-state index in [-0.39, 0.29) is 15.8 Å². The van der Waals surface area contributed by atoms with Crippen LogP contribution in [0.1, 0.15) is 49.9 Å². The monoisotopic (exact) mass is 422 g/mol. The molecular weight excluding hydrogens is 396 g/mol. The van der Waals surface area contributed by atoms with Gasteiger partial charge < -0.3 is 5.32 Å². The first-order valence-electron chi connectivity index (χ1n) is 9.53. The molecule has 0 saturated carbocycles. The molecule has 0 unspecified atom stereocenters. The first-order valence-corrected chi connectivity index (χ1v) is 11.4. The van der Waals surface area contributed by atoms with Crippen molar-refractivity contribution >= 4 is 33.2 Å². The van der Waals surface area contributed by atoms with Gasteiger partial charge in [-0.05, 0) is 42.7 Å². The van der Waals surface area contributed by atoms with Gasteiger partial charge in [-0.1, -0.05) is 62.9 Å². The lowest BCUT2D eigenvalue weighted by Crippen LogP contribution is -2.29. The van der Waals surface area contributed by atoms with E-state index >= 15 is 0 Å². The fraction of sp³-hybridized carbons (Fsp3) is 0.381. The molecule has 0 spiro atoms. The molecule has 0 aliphatic rings. The summed E-state index contributed by atoms with van der Waals surface area (Å²) in [5.74, 6) is 0.192. The van der Waals surface area contributed by atoms with Crippen LogP contribution in [0, 0.1) is 5.92 Å². The summed E-state index contributed by atoms with van der Waals surface area (Å²) < 4.78 is 27.3. The molecule has 1 atom stereocenters. The highest BCUT2D eigenvalue weighted by Crippen LogP contribution is 2.23. The molecule has 0 aliphatic heterocycles. The van der Waals surface area contributed by atoms with Crippen molar-refractivity contribution in [3.63, 3.8) is 0 Å². The van der Waals surface area contributed by atoms with Crippen molar-refractivity contribution in [2.45, 2.75) is 44.4 Å². The zero-order chi connectivity index (χ0) is 20.6. The van der Waals surface area contributed by atoms with Gasteiger partial charge in [-0.15, -0.1) is 0 Å². The molecule has 0 radical (unpaired) electrons. The van der Waals surface area contributed by atoms with Gasteiger partial charge >= 0.3 is 0 Å². The molecule has 0 fully saturated rings. The Labute approximate surface area is 172 Å². The molecule has 0 heterocycles. The average molecular weight is 423 g/mol. The van der Waals surface area contributed by atoms with Crippen LogP contribution >= 0.6 is 11.6 Å². The third kappa shape index (κ3) is 6.24. The first kappa shape index (κ1) is 22.2. The summed E-state index contributed by atoms with van der Waals surface area (Å²) in [4.78, 5) is 12.6. The van der Waals surface area contributed by atoms with Crippen molar-refractivity contribution in [1.29, 1.82) is 0 Å². The van der Waals surface area contributed by atoms with Crippen LogP contribution in [0.25, 0.3) is 0 Å². The maximum atomic E-state index is 12.4. The molecule has 7 heteroatoms. The van der Waals surface area contributed by atoms with Crippen LogP contribution < -0.4 is 10.0 Å². The van der Waals surface area contributed by atoms with Crippen LogP contribution in [0.5, 0.6) is 0 Å². The molecule has 0 aromatic heterocycles. The highest BCUT2D eigenvalue weighted by molar-refractivity contribution is 7.92. The molecule has 28 heavy (non-hydrogen) atoms. The van der Waals surface area contributed by atoms with Gasteiger partial charge in [0, 0.05) is 6.54 Å². The minimum atomic E-state index is -3.71. The second-order valence-corrected chi connectivity index (χ2v) is 8.83. The van der Waals surface area contributed by atoms with Crippen molar-refractivity contribution in [1.82, 2.24) is 5.32 Å². The average Bonchev–Trinajstić information content (AvgIpc) is 2.68. The Kier molecular flexibility index (Phi) is 8.33. The Balaban J connectivity index is 2.04. The molecule has 0 saturated heterocycles. The molecule has 2 aromatic rings. The number of unbranched alkanes of at least 4 members (excludes halogenated alkanes) is 1. The summed E-state index contributed by atoms with van der Waals surface area (Å²) in [7, 11) is -3.71. The Bertz CT molecular complexity index is 886. The molecule has 0 aliphatic carbocycles. The molecule has 5 nitrogen and oxygen atoms in total. The standard InChI is InChI=1S/C21H27ClN2O3S/c1-3-5-9-16(4-2)15-23-21(25)19-13-12-17(14-20(19)22)24-28(26,27)18-10-7-6-8-11-18/h6-8,10-14,16,24H,3-5,9,15H2,1-2H3,(H,23,25)/t16-/m1/s1. The van der Waals surface area contributed by atoms with Gasteiger partial charge in [0.05, 0.1) is 21.2 Å². The zero-order valence-corrected chi connectivity index (χ0v) is 17.8. The fourth-order valence-electron chi connectivity index (χ4n) is 2.85. The maximum Gasteiger partial charge on any atom is 0.261 e. The number of hydrogen-bond acceptors (Lipinski definition) is 3. The summed E-state index contributed by atoms with van der Waals surface area (Å²) in [6, 6.07) is 12.6. The van der Waals surface area contributed by atoms with Crippen molar-refractivity contribution < 1.29 is 13.2 Å². The Morgan fingerprint density at radius 3 is 2.43 bits per heavy atom. The molecule has 2 aromatic carbocycles. The molecule has 2 rings (SSSR count). The van der Waals surface area contributed by atoms with E-state index in [2.05, 4.69) is 23.9 Å². The topological polar surface area (TPSA) is 75.3 Å². The number of rotatable bonds is 10. The number of nitrogens with one attached hydrogen (secondary N) is 2. The zero-order valence-electron chi connectivity index (χ0n) is 16.2. The lowest BCUT2D eigenvalue weighted by atomic mass is 9.99. The van der Waals surface area contributed by atoms with E-state index < -0.39 is 10.0 Å². The van der Waals surface area contributed by atoms with Crippen molar-refractivity contribution in [3.05, 3.63) is 59.1 Å². The van der Waals surface area contributed by atoms with Gasteiger partial charge in [0.25, 0.3) is 15.9 Å². The Hall–Kier alpha value is -2.05. The third-order valence-corrected chi connectivity index (χ3v) is 6.32. The number of benzene rings is 2. The predicted molar refractivity (Wildman–Crippen MR) is 114 cm³/mol. The molecule has 1 amide bonds. The molecule has 152 valence electrons. The summed E-state index contributed by atoms with van der Waals surface area (Å²) >= 11 is 6.24. The van der Waals surface area contributed by atoms with Gasteiger partial charge in [-0.25, -0.2) is 8.42 Å². The van der Waals surface area contributed by atoms with Crippen LogP contribution in [-0.4, -0.2) is 20.9 Å². The van der Waals surface area contributed by atoms with E-state index in [1.54, 1.807) is 18.2 Å². The Morgan fingerprint density at radius 2 is 1.82 bits per heavy atom. The maximum absolute atomic E-state index is 12.4. The number of halogens is 1. The summed E-state index contributed by atoms with van der Waals surface area (Å²) in [6.07, 6.45) is 4.37. The van der Waals surface area contributed by atoms with Crippen molar-refractivity contribution in [3.8, 4) is 0 Å². The number of amides is 1. The van der Waals surface area contributed by atoms with E-state index in [1.165, 1.54) is 30.3 Å². The summed E-state index contributed by atoms with van der Waals surface area (Å²) in [6.45, 7) is 4.87. The van der Waals surface area contributed by atoms with Crippen LogP contribution in [-0.2, 0) is 10.0 Å². The van der Waals surface area contributed by atoms with Crippen LogP contribution in [0.3, 0.4) is 0 Å². The normalized spacial score (nSPS) is 12.4. The summed E-state index contributed by atoms with van der Waals surface area (Å²) in [5, 5.41) is 3.13. The van der Waals surface area contributed by atoms with E-state index in [0.717, 1.165) is 25.7 Å². The van der Waals surface area contributed by atoms with Gasteiger partial charge in [-0.3, -0.25) is 9.52 Å². The SMILES string of the molecule is CCCC[C@@H](CC)CNC(=O)c1ccc(NS(=O)(=O)c2ccccc2)cc1Cl. The highest BCUT2D eigenvalue weighted by Gasteiger charge is 2.16. The molecule has 0 bridgehead atoms. The second kappa shape index (κ2) is 10.5. The third-order valence-electron chi connectivity index (χ3n) is 4.61. The first-order chi connectivity index (χ1) is 13.4. The smallest absolute Gasteiger partial charge is 0.261 e. The van der Waals surface area contributed by atoms with E-state index in [4.69, 9.17) is 11.6 Å². The summed E-state index contributed by atoms with van der Waals surface area (Å²) in [5.41, 5.74) is 0.634. The van der Waals surface area contributed by atoms with Gasteiger partial charge in [-0.2, -0.15) is 0 Å². The fourth-order valence-corrected chi connectivity index (χ4v) is 4.19. The molecular formula is C21H27ClN2O3S. The van der Waals surface area contributed by atoms with Crippen LogP contribution in [0.2, 0.25) is 5.02 Å². The number of anilines is 1. The van der Waals surface area contributed by atoms with Crippen molar-refractivity contribution in [2.24, 2.45) is 5.92 Å².